The molecule has 6 heteroatoms. The van der Waals surface area contributed by atoms with Gasteiger partial charge >= 0.3 is 5.97 Å². The number of hydrogen-bond donors (Lipinski definition) is 4. The molecular weight excluding hydrogens is 238 g/mol. The standard InChI is InChI=1S/C12H17NO5/c1-18-12(17)8-6-7(2-3-9(8)14)11(16)10(15)4-5-13/h2-3,6,10-11,14-16H,4-5,13H2,1H3. The molecule has 0 saturated heterocycles. The van der Waals surface area contributed by atoms with Gasteiger partial charge in [0.15, 0.2) is 0 Å². The Balaban J connectivity index is 3.00. The average Bonchev–Trinajstić information content (AvgIpc) is 2.38. The lowest BCUT2D eigenvalue weighted by Crippen LogP contribution is -2.22. The Hall–Kier alpha value is -1.63. The molecule has 0 amide bonds. The van der Waals surface area contributed by atoms with Gasteiger partial charge in [-0.2, -0.15) is 0 Å². The largest absolute Gasteiger partial charge is 0.507 e. The van der Waals surface area contributed by atoms with Crippen molar-refractivity contribution in [3.63, 3.8) is 0 Å². The monoisotopic (exact) mass is 255 g/mol. The van der Waals surface area contributed by atoms with Crippen LogP contribution in [0.4, 0.5) is 0 Å². The van der Waals surface area contributed by atoms with Gasteiger partial charge in [0.25, 0.3) is 0 Å². The summed E-state index contributed by atoms with van der Waals surface area (Å²) in [5.74, 6) is -0.957. The van der Waals surface area contributed by atoms with E-state index in [0.717, 1.165) is 0 Å². The number of aliphatic hydroxyl groups excluding tert-OH is 2. The molecule has 1 rings (SSSR count). The molecule has 2 atom stereocenters. The number of carbonyl (C=O) groups is 1. The normalized spacial score (nSPS) is 14.0. The smallest absolute Gasteiger partial charge is 0.341 e. The van der Waals surface area contributed by atoms with Crippen LogP contribution in [0.1, 0.15) is 28.4 Å². The van der Waals surface area contributed by atoms with Gasteiger partial charge in [-0.15, -0.1) is 0 Å². The van der Waals surface area contributed by atoms with Crippen LogP contribution in [0.3, 0.4) is 0 Å². The number of benzene rings is 1. The second-order valence-electron chi connectivity index (χ2n) is 3.86. The highest BCUT2D eigenvalue weighted by molar-refractivity contribution is 5.92. The molecule has 0 aliphatic heterocycles. The van der Waals surface area contributed by atoms with Crippen LogP contribution >= 0.6 is 0 Å². The SMILES string of the molecule is COC(=O)c1cc(C(O)C(O)CCN)ccc1O. The highest BCUT2D eigenvalue weighted by Crippen LogP contribution is 2.25. The quantitative estimate of drug-likeness (QED) is 0.547. The number of phenols is 1. The molecule has 0 heterocycles. The van der Waals surface area contributed by atoms with Crippen molar-refractivity contribution in [3.8, 4) is 5.75 Å². The minimum absolute atomic E-state index is 0.0611. The Kier molecular flexibility index (Phi) is 5.08. The first-order chi connectivity index (χ1) is 8.51. The van der Waals surface area contributed by atoms with Crippen molar-refractivity contribution in [2.45, 2.75) is 18.6 Å². The number of ether oxygens (including phenoxy) is 1. The van der Waals surface area contributed by atoms with Gasteiger partial charge in [0.05, 0.1) is 13.2 Å². The Morgan fingerprint density at radius 1 is 1.44 bits per heavy atom. The summed E-state index contributed by atoms with van der Waals surface area (Å²) in [6, 6.07) is 3.97. The minimum atomic E-state index is -1.17. The van der Waals surface area contributed by atoms with Crippen molar-refractivity contribution >= 4 is 5.97 Å². The molecule has 0 aliphatic rings. The Labute approximate surface area is 105 Å². The van der Waals surface area contributed by atoms with E-state index < -0.39 is 18.2 Å². The van der Waals surface area contributed by atoms with Crippen molar-refractivity contribution in [1.29, 1.82) is 0 Å². The Morgan fingerprint density at radius 2 is 2.11 bits per heavy atom. The van der Waals surface area contributed by atoms with E-state index in [1.54, 1.807) is 0 Å². The molecule has 0 spiro atoms. The van der Waals surface area contributed by atoms with Crippen molar-refractivity contribution in [2.75, 3.05) is 13.7 Å². The summed E-state index contributed by atoms with van der Waals surface area (Å²) in [6.07, 6.45) is -1.96. The van der Waals surface area contributed by atoms with Crippen LogP contribution in [0.15, 0.2) is 18.2 Å². The van der Waals surface area contributed by atoms with Gasteiger partial charge in [0.1, 0.15) is 17.4 Å². The maximum atomic E-state index is 11.4. The fourth-order valence-corrected chi connectivity index (χ4v) is 1.56. The second-order valence-corrected chi connectivity index (χ2v) is 3.86. The lowest BCUT2D eigenvalue weighted by molar-refractivity contribution is 0.0149. The molecule has 0 aliphatic carbocycles. The van der Waals surface area contributed by atoms with E-state index in [2.05, 4.69) is 4.74 Å². The first-order valence-electron chi connectivity index (χ1n) is 5.48. The van der Waals surface area contributed by atoms with Crippen LogP contribution in [0.5, 0.6) is 5.75 Å². The van der Waals surface area contributed by atoms with Gasteiger partial charge in [-0.3, -0.25) is 0 Å². The van der Waals surface area contributed by atoms with E-state index in [0.29, 0.717) is 5.56 Å². The summed E-state index contributed by atoms with van der Waals surface area (Å²) >= 11 is 0. The van der Waals surface area contributed by atoms with Crippen molar-refractivity contribution in [3.05, 3.63) is 29.3 Å². The maximum Gasteiger partial charge on any atom is 0.341 e. The number of carbonyl (C=O) groups excluding carboxylic acids is 1. The third-order valence-electron chi connectivity index (χ3n) is 2.59. The summed E-state index contributed by atoms with van der Waals surface area (Å²) in [6.45, 7) is 0.236. The topological polar surface area (TPSA) is 113 Å². The molecule has 0 saturated carbocycles. The molecule has 1 aromatic rings. The third-order valence-corrected chi connectivity index (χ3v) is 2.59. The number of aliphatic hydroxyl groups is 2. The predicted molar refractivity (Wildman–Crippen MR) is 64.1 cm³/mol. The van der Waals surface area contributed by atoms with E-state index in [1.807, 2.05) is 0 Å². The Bertz CT molecular complexity index is 421. The summed E-state index contributed by atoms with van der Waals surface area (Å²) in [5.41, 5.74) is 5.54. The number of rotatable bonds is 5. The predicted octanol–water partition coefficient (Wildman–Crippen LogP) is -0.0781. The number of methoxy groups -OCH3 is 1. The first-order valence-corrected chi connectivity index (χ1v) is 5.48. The highest BCUT2D eigenvalue weighted by atomic mass is 16.5. The van der Waals surface area contributed by atoms with E-state index >= 15 is 0 Å². The van der Waals surface area contributed by atoms with E-state index in [-0.39, 0.29) is 24.3 Å². The van der Waals surface area contributed by atoms with E-state index in [4.69, 9.17) is 5.73 Å². The lowest BCUT2D eigenvalue weighted by Gasteiger charge is -2.18. The van der Waals surface area contributed by atoms with Crippen molar-refractivity contribution in [1.82, 2.24) is 0 Å². The van der Waals surface area contributed by atoms with Crippen molar-refractivity contribution < 1.29 is 24.9 Å². The first kappa shape index (κ1) is 14.4. The molecule has 0 aromatic heterocycles. The molecule has 0 bridgehead atoms. The van der Waals surface area contributed by atoms with Gasteiger partial charge < -0.3 is 25.8 Å². The lowest BCUT2D eigenvalue weighted by atomic mass is 9.99. The summed E-state index contributed by atoms with van der Waals surface area (Å²) < 4.78 is 4.50. The average molecular weight is 255 g/mol. The molecule has 1 aromatic carbocycles. The number of aromatic hydroxyl groups is 1. The number of nitrogens with two attached hydrogens (primary N) is 1. The molecule has 0 radical (unpaired) electrons. The Morgan fingerprint density at radius 3 is 2.67 bits per heavy atom. The molecule has 2 unspecified atom stereocenters. The van der Waals surface area contributed by atoms with Gasteiger partial charge in [0, 0.05) is 0 Å². The van der Waals surface area contributed by atoms with Crippen LogP contribution in [-0.2, 0) is 4.74 Å². The van der Waals surface area contributed by atoms with Gasteiger partial charge in [-0.05, 0) is 30.7 Å². The van der Waals surface area contributed by atoms with Crippen LogP contribution < -0.4 is 5.73 Å². The second kappa shape index (κ2) is 6.34. The molecule has 6 nitrogen and oxygen atoms in total. The van der Waals surface area contributed by atoms with E-state index in [1.165, 1.54) is 25.3 Å². The number of esters is 1. The zero-order valence-corrected chi connectivity index (χ0v) is 10.0. The fourth-order valence-electron chi connectivity index (χ4n) is 1.56. The molecule has 100 valence electrons. The molecular formula is C12H17NO5. The van der Waals surface area contributed by atoms with Crippen LogP contribution in [-0.4, -0.2) is 41.0 Å². The summed E-state index contributed by atoms with van der Waals surface area (Å²) in [4.78, 5) is 11.4. The van der Waals surface area contributed by atoms with Gasteiger partial charge in [-0.25, -0.2) is 4.79 Å². The molecule has 0 fully saturated rings. The molecule has 18 heavy (non-hydrogen) atoms. The molecule has 5 N–H and O–H groups in total. The fraction of sp³-hybridized carbons (Fsp3) is 0.417. The van der Waals surface area contributed by atoms with Gasteiger partial charge in [0.2, 0.25) is 0 Å². The number of hydrogen-bond acceptors (Lipinski definition) is 6. The summed E-state index contributed by atoms with van der Waals surface area (Å²) in [5, 5.41) is 29.0. The maximum absolute atomic E-state index is 11.4. The van der Waals surface area contributed by atoms with Crippen LogP contribution in [0.2, 0.25) is 0 Å². The zero-order chi connectivity index (χ0) is 13.7. The highest BCUT2D eigenvalue weighted by Gasteiger charge is 2.20. The zero-order valence-electron chi connectivity index (χ0n) is 10.0. The summed E-state index contributed by atoms with van der Waals surface area (Å²) in [7, 11) is 1.19. The van der Waals surface area contributed by atoms with Gasteiger partial charge in [-0.1, -0.05) is 6.07 Å². The number of phenolic OH excluding ortho intramolecular Hbond substituents is 1. The van der Waals surface area contributed by atoms with Crippen LogP contribution in [0, 0.1) is 0 Å². The minimum Gasteiger partial charge on any atom is -0.507 e. The van der Waals surface area contributed by atoms with Crippen molar-refractivity contribution in [2.24, 2.45) is 5.73 Å². The van der Waals surface area contributed by atoms with E-state index in [9.17, 15) is 20.1 Å². The van der Waals surface area contributed by atoms with Crippen LogP contribution in [0.25, 0.3) is 0 Å². The third kappa shape index (κ3) is 3.19.